The van der Waals surface area contributed by atoms with Crippen molar-refractivity contribution < 1.29 is 9.90 Å². The molecule has 0 aliphatic carbocycles. The number of aryl methyl sites for hydroxylation is 3. The first-order chi connectivity index (χ1) is 8.47. The minimum absolute atomic E-state index is 0.170. The van der Waals surface area contributed by atoms with Crippen molar-refractivity contribution in [1.29, 1.82) is 0 Å². The molecular formula is C13H15N3O2. The van der Waals surface area contributed by atoms with E-state index < -0.39 is 5.97 Å². The van der Waals surface area contributed by atoms with E-state index in [1.54, 1.807) is 6.20 Å². The molecule has 0 saturated carbocycles. The van der Waals surface area contributed by atoms with Gasteiger partial charge in [0.2, 0.25) is 0 Å². The Kier molecular flexibility index (Phi) is 3.14. The Morgan fingerprint density at radius 2 is 1.89 bits per heavy atom. The maximum absolute atomic E-state index is 10.6. The van der Waals surface area contributed by atoms with E-state index in [2.05, 4.69) is 22.4 Å². The Bertz CT molecular complexity index is 579. The van der Waals surface area contributed by atoms with Crippen molar-refractivity contribution in [1.82, 2.24) is 15.0 Å². The second-order valence-electron chi connectivity index (χ2n) is 4.47. The zero-order valence-electron chi connectivity index (χ0n) is 10.6. The second-order valence-corrected chi connectivity index (χ2v) is 4.47. The quantitative estimate of drug-likeness (QED) is 0.897. The number of aromatic nitrogens is 3. The molecular weight excluding hydrogens is 230 g/mol. The van der Waals surface area contributed by atoms with E-state index in [0.29, 0.717) is 5.69 Å². The monoisotopic (exact) mass is 245 g/mol. The summed E-state index contributed by atoms with van der Waals surface area (Å²) in [4.78, 5) is 10.6. The zero-order chi connectivity index (χ0) is 13.3. The van der Waals surface area contributed by atoms with Crippen LogP contribution in [0.1, 0.15) is 16.7 Å². The molecule has 0 radical (unpaired) electrons. The molecule has 5 heteroatoms. The Hall–Kier alpha value is -2.17. The van der Waals surface area contributed by atoms with E-state index in [-0.39, 0.29) is 6.54 Å². The summed E-state index contributed by atoms with van der Waals surface area (Å²) in [6.07, 6.45) is 1.67. The van der Waals surface area contributed by atoms with Gasteiger partial charge >= 0.3 is 5.97 Å². The summed E-state index contributed by atoms with van der Waals surface area (Å²) in [6, 6.07) is 4.16. The van der Waals surface area contributed by atoms with Gasteiger partial charge in [-0.05, 0) is 31.9 Å². The number of carboxylic acid groups (broad SMARTS) is 1. The van der Waals surface area contributed by atoms with Crippen LogP contribution in [0.2, 0.25) is 0 Å². The maximum atomic E-state index is 10.6. The molecule has 0 spiro atoms. The number of aliphatic carboxylic acids is 1. The van der Waals surface area contributed by atoms with E-state index in [0.717, 1.165) is 16.7 Å². The lowest BCUT2D eigenvalue weighted by Gasteiger charge is -2.07. The van der Waals surface area contributed by atoms with Crippen molar-refractivity contribution in [3.05, 3.63) is 35.0 Å². The van der Waals surface area contributed by atoms with Crippen LogP contribution in [0, 0.1) is 20.8 Å². The Morgan fingerprint density at radius 3 is 2.44 bits per heavy atom. The van der Waals surface area contributed by atoms with Crippen molar-refractivity contribution >= 4 is 5.97 Å². The van der Waals surface area contributed by atoms with E-state index in [1.807, 2.05) is 20.8 Å². The molecule has 0 aliphatic heterocycles. The fraction of sp³-hybridized carbons (Fsp3) is 0.308. The average Bonchev–Trinajstić information content (AvgIpc) is 2.63. The van der Waals surface area contributed by atoms with E-state index in [1.165, 1.54) is 10.2 Å². The number of benzene rings is 1. The molecule has 1 aromatic heterocycles. The van der Waals surface area contributed by atoms with Crippen molar-refractivity contribution in [2.24, 2.45) is 0 Å². The van der Waals surface area contributed by atoms with Crippen molar-refractivity contribution in [3.8, 4) is 11.3 Å². The van der Waals surface area contributed by atoms with Gasteiger partial charge in [0.25, 0.3) is 0 Å². The molecule has 0 atom stereocenters. The molecule has 1 N–H and O–H groups in total. The maximum Gasteiger partial charge on any atom is 0.325 e. The SMILES string of the molecule is Cc1cc(C)c(-c2cn(CC(=O)O)nn2)c(C)c1. The number of hydrogen-bond acceptors (Lipinski definition) is 3. The standard InChI is InChI=1S/C13H15N3O2/c1-8-4-9(2)13(10(3)5-8)11-6-16(15-14-11)7-12(17)18/h4-6H,7H2,1-3H3,(H,17,18). The lowest BCUT2D eigenvalue weighted by Crippen LogP contribution is -2.08. The predicted molar refractivity (Wildman–Crippen MR) is 67.3 cm³/mol. The third kappa shape index (κ3) is 2.40. The zero-order valence-corrected chi connectivity index (χ0v) is 10.6. The first-order valence-electron chi connectivity index (χ1n) is 5.67. The minimum Gasteiger partial charge on any atom is -0.480 e. The molecule has 1 aromatic carbocycles. The molecule has 0 saturated heterocycles. The van der Waals surface area contributed by atoms with Gasteiger partial charge in [-0.2, -0.15) is 0 Å². The van der Waals surface area contributed by atoms with Gasteiger partial charge in [-0.25, -0.2) is 4.68 Å². The van der Waals surface area contributed by atoms with Crippen LogP contribution in [0.4, 0.5) is 0 Å². The first-order valence-corrected chi connectivity index (χ1v) is 5.67. The van der Waals surface area contributed by atoms with Gasteiger partial charge in [-0.15, -0.1) is 5.10 Å². The molecule has 2 aromatic rings. The number of rotatable bonds is 3. The average molecular weight is 245 g/mol. The van der Waals surface area contributed by atoms with Crippen LogP contribution in [0.25, 0.3) is 11.3 Å². The number of hydrogen-bond donors (Lipinski definition) is 1. The topological polar surface area (TPSA) is 68.0 Å². The van der Waals surface area contributed by atoms with Crippen LogP contribution in [-0.2, 0) is 11.3 Å². The van der Waals surface area contributed by atoms with Gasteiger partial charge in [0.15, 0.2) is 0 Å². The lowest BCUT2D eigenvalue weighted by atomic mass is 9.98. The fourth-order valence-electron chi connectivity index (χ4n) is 2.21. The van der Waals surface area contributed by atoms with Gasteiger partial charge in [0.05, 0.1) is 6.20 Å². The second kappa shape index (κ2) is 4.60. The summed E-state index contributed by atoms with van der Waals surface area (Å²) in [6.45, 7) is 5.92. The summed E-state index contributed by atoms with van der Waals surface area (Å²) in [5, 5.41) is 16.6. The molecule has 0 unspecified atom stereocenters. The smallest absolute Gasteiger partial charge is 0.325 e. The van der Waals surface area contributed by atoms with Gasteiger partial charge in [0.1, 0.15) is 12.2 Å². The summed E-state index contributed by atoms with van der Waals surface area (Å²) in [5.41, 5.74) is 5.18. The van der Waals surface area contributed by atoms with Crippen LogP contribution in [-0.4, -0.2) is 26.1 Å². The highest BCUT2D eigenvalue weighted by Crippen LogP contribution is 2.26. The van der Waals surface area contributed by atoms with Crippen LogP contribution in [0.15, 0.2) is 18.3 Å². The number of nitrogens with zero attached hydrogens (tertiary/aromatic N) is 3. The van der Waals surface area contributed by atoms with Crippen molar-refractivity contribution in [3.63, 3.8) is 0 Å². The third-order valence-corrected chi connectivity index (χ3v) is 2.77. The highest BCUT2D eigenvalue weighted by Gasteiger charge is 2.11. The van der Waals surface area contributed by atoms with Crippen LogP contribution in [0.3, 0.4) is 0 Å². The Balaban J connectivity index is 2.43. The Labute approximate surface area is 105 Å². The summed E-state index contributed by atoms with van der Waals surface area (Å²) in [5.74, 6) is -0.927. The molecule has 0 fully saturated rings. The van der Waals surface area contributed by atoms with E-state index in [9.17, 15) is 4.79 Å². The molecule has 2 rings (SSSR count). The summed E-state index contributed by atoms with van der Waals surface area (Å²) in [7, 11) is 0. The van der Waals surface area contributed by atoms with Crippen LogP contribution in [0.5, 0.6) is 0 Å². The number of carboxylic acids is 1. The van der Waals surface area contributed by atoms with Crippen LogP contribution >= 0.6 is 0 Å². The molecule has 0 amide bonds. The molecule has 18 heavy (non-hydrogen) atoms. The Morgan fingerprint density at radius 1 is 1.28 bits per heavy atom. The summed E-state index contributed by atoms with van der Waals surface area (Å²) < 4.78 is 1.33. The van der Waals surface area contributed by atoms with Gasteiger partial charge < -0.3 is 5.11 Å². The molecule has 0 bridgehead atoms. The van der Waals surface area contributed by atoms with Crippen molar-refractivity contribution in [2.75, 3.05) is 0 Å². The molecule has 94 valence electrons. The van der Waals surface area contributed by atoms with Gasteiger partial charge in [-0.3, -0.25) is 4.79 Å². The predicted octanol–water partition coefficient (Wildman–Crippen LogP) is 1.95. The lowest BCUT2D eigenvalue weighted by molar-refractivity contribution is -0.137. The largest absolute Gasteiger partial charge is 0.480 e. The van der Waals surface area contributed by atoms with Gasteiger partial charge in [-0.1, -0.05) is 22.9 Å². The fourth-order valence-corrected chi connectivity index (χ4v) is 2.21. The highest BCUT2D eigenvalue weighted by molar-refractivity contribution is 5.68. The highest BCUT2D eigenvalue weighted by atomic mass is 16.4. The summed E-state index contributed by atoms with van der Waals surface area (Å²) >= 11 is 0. The third-order valence-electron chi connectivity index (χ3n) is 2.77. The van der Waals surface area contributed by atoms with E-state index >= 15 is 0 Å². The molecule has 0 aliphatic rings. The van der Waals surface area contributed by atoms with Crippen molar-refractivity contribution in [2.45, 2.75) is 27.3 Å². The first kappa shape index (κ1) is 12.3. The molecule has 1 heterocycles. The minimum atomic E-state index is -0.927. The normalized spacial score (nSPS) is 10.6. The molecule has 5 nitrogen and oxygen atoms in total. The number of carbonyl (C=O) groups is 1. The van der Waals surface area contributed by atoms with Crippen LogP contribution < -0.4 is 0 Å². The van der Waals surface area contributed by atoms with Gasteiger partial charge in [0, 0.05) is 5.56 Å². The van der Waals surface area contributed by atoms with E-state index in [4.69, 9.17) is 5.11 Å².